The smallest absolute Gasteiger partial charge is 0.145 e. The van der Waals surface area contributed by atoms with Crippen LogP contribution in [0.25, 0.3) is 28.1 Å². The van der Waals surface area contributed by atoms with Gasteiger partial charge in [0.2, 0.25) is 0 Å². The molecule has 2 heterocycles. The van der Waals surface area contributed by atoms with E-state index in [0.29, 0.717) is 0 Å². The number of hydrogen-bond acceptors (Lipinski definition) is 1. The van der Waals surface area contributed by atoms with Crippen molar-refractivity contribution in [1.82, 2.24) is 9.55 Å². The van der Waals surface area contributed by atoms with E-state index in [1.807, 2.05) is 6.07 Å². The molecule has 4 aromatic rings. The highest BCUT2D eigenvalue weighted by atomic mass is 15.1. The highest BCUT2D eigenvalue weighted by Gasteiger charge is 2.35. The van der Waals surface area contributed by atoms with Gasteiger partial charge in [0.05, 0.1) is 16.7 Å². The zero-order valence-electron chi connectivity index (χ0n) is 13.8. The summed E-state index contributed by atoms with van der Waals surface area (Å²) >= 11 is 0. The fraction of sp³-hybridized carbons (Fsp3) is 0.136. The van der Waals surface area contributed by atoms with Gasteiger partial charge < -0.3 is 0 Å². The number of nitrogens with zero attached hydrogens (tertiary/aromatic N) is 2. The first-order valence-electron chi connectivity index (χ1n) is 8.35. The number of imidazole rings is 1. The maximum Gasteiger partial charge on any atom is 0.145 e. The zero-order valence-corrected chi connectivity index (χ0v) is 13.8. The van der Waals surface area contributed by atoms with Crippen molar-refractivity contribution in [2.24, 2.45) is 0 Å². The highest BCUT2D eigenvalue weighted by molar-refractivity contribution is 5.89. The molecular weight excluding hydrogens is 292 g/mol. The Morgan fingerprint density at radius 2 is 1.46 bits per heavy atom. The molecule has 5 rings (SSSR count). The van der Waals surface area contributed by atoms with E-state index < -0.39 is 0 Å². The molecule has 2 nitrogen and oxygen atoms in total. The molecule has 0 fully saturated rings. The topological polar surface area (TPSA) is 17.8 Å². The van der Waals surface area contributed by atoms with Crippen LogP contribution >= 0.6 is 0 Å². The second-order valence-electron chi connectivity index (χ2n) is 6.95. The van der Waals surface area contributed by atoms with Gasteiger partial charge in [-0.15, -0.1) is 0 Å². The molecule has 0 radical (unpaired) electrons. The van der Waals surface area contributed by atoms with Crippen LogP contribution in [0.1, 0.15) is 25.0 Å². The third-order valence-corrected chi connectivity index (χ3v) is 5.20. The van der Waals surface area contributed by atoms with Gasteiger partial charge >= 0.3 is 0 Å². The van der Waals surface area contributed by atoms with Crippen molar-refractivity contribution in [1.29, 1.82) is 0 Å². The van der Waals surface area contributed by atoms with Crippen molar-refractivity contribution >= 4 is 11.0 Å². The Labute approximate surface area is 141 Å². The summed E-state index contributed by atoms with van der Waals surface area (Å²) in [5.74, 6) is 1.01. The zero-order chi connectivity index (χ0) is 16.3. The highest BCUT2D eigenvalue weighted by Crippen LogP contribution is 2.45. The fourth-order valence-electron chi connectivity index (χ4n) is 3.99. The first-order valence-corrected chi connectivity index (χ1v) is 8.35. The van der Waals surface area contributed by atoms with E-state index in [9.17, 15) is 0 Å². The summed E-state index contributed by atoms with van der Waals surface area (Å²) in [7, 11) is 0. The maximum atomic E-state index is 4.98. The lowest BCUT2D eigenvalue weighted by molar-refractivity contribution is 0.629. The lowest BCUT2D eigenvalue weighted by Gasteiger charge is -2.34. The van der Waals surface area contributed by atoms with Gasteiger partial charge in [-0.3, -0.25) is 4.57 Å². The molecule has 3 aromatic carbocycles. The molecule has 1 aliphatic heterocycles. The van der Waals surface area contributed by atoms with Crippen LogP contribution in [-0.2, 0) is 5.41 Å². The molecule has 1 aliphatic rings. The second-order valence-corrected chi connectivity index (χ2v) is 6.95. The molecule has 0 N–H and O–H groups in total. The van der Waals surface area contributed by atoms with Gasteiger partial charge in [-0.1, -0.05) is 74.5 Å². The molecule has 0 bridgehead atoms. The molecule has 0 amide bonds. The molecule has 0 saturated carbocycles. The summed E-state index contributed by atoms with van der Waals surface area (Å²) in [6.07, 6.45) is 0. The number of benzene rings is 3. The van der Waals surface area contributed by atoms with Gasteiger partial charge in [0.15, 0.2) is 0 Å². The van der Waals surface area contributed by atoms with Crippen LogP contribution in [0.15, 0.2) is 72.8 Å². The van der Waals surface area contributed by atoms with Crippen molar-refractivity contribution in [3.63, 3.8) is 0 Å². The van der Waals surface area contributed by atoms with Gasteiger partial charge in [0.1, 0.15) is 5.82 Å². The summed E-state index contributed by atoms with van der Waals surface area (Å²) in [4.78, 5) is 4.98. The minimum Gasteiger partial charge on any atom is -0.292 e. The summed E-state index contributed by atoms with van der Waals surface area (Å²) in [6, 6.07) is 25.6. The predicted molar refractivity (Wildman–Crippen MR) is 98.6 cm³/mol. The van der Waals surface area contributed by atoms with Crippen LogP contribution < -0.4 is 0 Å². The molecule has 0 unspecified atom stereocenters. The molecule has 0 saturated heterocycles. The lowest BCUT2D eigenvalue weighted by Crippen LogP contribution is -2.26. The molecule has 0 spiro atoms. The van der Waals surface area contributed by atoms with Gasteiger partial charge in [-0.05, 0) is 23.3 Å². The largest absolute Gasteiger partial charge is 0.292 e. The third kappa shape index (κ3) is 1.63. The number of fused-ring (bicyclic) bond motifs is 2. The molecule has 116 valence electrons. The first-order chi connectivity index (χ1) is 11.7. The molecular formula is C22H18N2. The van der Waals surface area contributed by atoms with Crippen molar-refractivity contribution < 1.29 is 0 Å². The van der Waals surface area contributed by atoms with Crippen LogP contribution in [0, 0.1) is 0 Å². The first kappa shape index (κ1) is 13.6. The van der Waals surface area contributed by atoms with E-state index >= 15 is 0 Å². The Morgan fingerprint density at radius 1 is 0.750 bits per heavy atom. The van der Waals surface area contributed by atoms with Crippen LogP contribution in [0.4, 0.5) is 0 Å². The fourth-order valence-corrected chi connectivity index (χ4v) is 3.99. The van der Waals surface area contributed by atoms with Crippen LogP contribution in [0.5, 0.6) is 0 Å². The summed E-state index contributed by atoms with van der Waals surface area (Å²) in [6.45, 7) is 4.61. The number of hydrogen-bond donors (Lipinski definition) is 0. The summed E-state index contributed by atoms with van der Waals surface area (Å²) in [5.41, 5.74) is 7.35. The second kappa shape index (κ2) is 4.57. The standard InChI is InChI=1S/C22H18N2/c1-22(2)16-11-6-7-14-19(16)24-20-17(22)12-8-13-18(20)23-21(24)15-9-4-3-5-10-15/h3-14H,1-2H3. The number of para-hydroxylation sites is 2. The SMILES string of the molecule is CC1(C)c2ccccc2-n2c(-c3ccccc3)nc3cccc1c32. The monoisotopic (exact) mass is 310 g/mol. The maximum absolute atomic E-state index is 4.98. The predicted octanol–water partition coefficient (Wildman–Crippen LogP) is 5.33. The Morgan fingerprint density at radius 3 is 2.29 bits per heavy atom. The van der Waals surface area contributed by atoms with E-state index in [2.05, 4.69) is 85.1 Å². The van der Waals surface area contributed by atoms with Crippen molar-refractivity contribution in [3.05, 3.63) is 83.9 Å². The van der Waals surface area contributed by atoms with Crippen LogP contribution in [-0.4, -0.2) is 9.55 Å². The van der Waals surface area contributed by atoms with Crippen molar-refractivity contribution in [2.75, 3.05) is 0 Å². The molecule has 0 atom stereocenters. The average molecular weight is 310 g/mol. The lowest BCUT2D eigenvalue weighted by atomic mass is 9.75. The van der Waals surface area contributed by atoms with E-state index in [4.69, 9.17) is 4.98 Å². The normalized spacial score (nSPS) is 14.6. The van der Waals surface area contributed by atoms with Crippen molar-refractivity contribution in [3.8, 4) is 17.1 Å². The minimum absolute atomic E-state index is 0.0277. The van der Waals surface area contributed by atoms with E-state index in [1.165, 1.54) is 22.3 Å². The average Bonchev–Trinajstić information content (AvgIpc) is 3.01. The number of rotatable bonds is 1. The number of aromatic nitrogens is 2. The van der Waals surface area contributed by atoms with Crippen LogP contribution in [0.2, 0.25) is 0 Å². The van der Waals surface area contributed by atoms with E-state index in [0.717, 1.165) is 16.9 Å². The van der Waals surface area contributed by atoms with Gasteiger partial charge in [0.25, 0.3) is 0 Å². The van der Waals surface area contributed by atoms with Gasteiger partial charge in [-0.25, -0.2) is 4.98 Å². The van der Waals surface area contributed by atoms with Crippen LogP contribution in [0.3, 0.4) is 0 Å². The molecule has 1 aromatic heterocycles. The van der Waals surface area contributed by atoms with Crippen molar-refractivity contribution in [2.45, 2.75) is 19.3 Å². The quantitative estimate of drug-likeness (QED) is 0.464. The Kier molecular flexibility index (Phi) is 2.58. The Bertz CT molecular complexity index is 1070. The van der Waals surface area contributed by atoms with E-state index in [-0.39, 0.29) is 5.41 Å². The molecule has 24 heavy (non-hydrogen) atoms. The summed E-state index contributed by atoms with van der Waals surface area (Å²) in [5, 5.41) is 0. The molecule has 0 aliphatic carbocycles. The Hall–Kier alpha value is -2.87. The van der Waals surface area contributed by atoms with Gasteiger partial charge in [-0.2, -0.15) is 0 Å². The third-order valence-electron chi connectivity index (χ3n) is 5.20. The Balaban J connectivity index is 1.99. The molecule has 2 heteroatoms. The summed E-state index contributed by atoms with van der Waals surface area (Å²) < 4.78 is 2.33. The van der Waals surface area contributed by atoms with E-state index in [1.54, 1.807) is 0 Å². The van der Waals surface area contributed by atoms with Gasteiger partial charge in [0, 0.05) is 11.0 Å². The minimum atomic E-state index is -0.0277.